The molecule has 0 bridgehead atoms. The molecule has 6 heteroatoms. The third-order valence-electron chi connectivity index (χ3n) is 5.04. The molecule has 0 saturated heterocycles. The maximum absolute atomic E-state index is 12.6. The highest BCUT2D eigenvalue weighted by atomic mass is 16.5. The van der Waals surface area contributed by atoms with Crippen LogP contribution in [-0.2, 0) is 16.0 Å². The van der Waals surface area contributed by atoms with Crippen LogP contribution >= 0.6 is 0 Å². The van der Waals surface area contributed by atoms with Crippen molar-refractivity contribution in [3.8, 4) is 11.5 Å². The molecule has 0 fully saturated rings. The third kappa shape index (κ3) is 4.88. The lowest BCUT2D eigenvalue weighted by atomic mass is 9.87. The summed E-state index contributed by atoms with van der Waals surface area (Å²) >= 11 is 0. The van der Waals surface area contributed by atoms with Crippen molar-refractivity contribution in [3.05, 3.63) is 59.2 Å². The minimum absolute atomic E-state index is 0.0563. The van der Waals surface area contributed by atoms with Crippen LogP contribution in [0.3, 0.4) is 0 Å². The number of methoxy groups -OCH3 is 1. The van der Waals surface area contributed by atoms with Crippen molar-refractivity contribution in [1.29, 1.82) is 0 Å². The van der Waals surface area contributed by atoms with Gasteiger partial charge in [0, 0.05) is 0 Å². The third-order valence-corrected chi connectivity index (χ3v) is 5.04. The number of nitrogens with one attached hydrogen (secondary N) is 1. The predicted molar refractivity (Wildman–Crippen MR) is 109 cm³/mol. The summed E-state index contributed by atoms with van der Waals surface area (Å²) in [7, 11) is 1.53. The zero-order valence-corrected chi connectivity index (χ0v) is 17.1. The van der Waals surface area contributed by atoms with E-state index >= 15 is 0 Å². The number of ether oxygens (including phenoxy) is 3. The molecule has 2 atom stereocenters. The first-order valence-corrected chi connectivity index (χ1v) is 9.93. The van der Waals surface area contributed by atoms with Gasteiger partial charge in [-0.05, 0) is 62.4 Å². The summed E-state index contributed by atoms with van der Waals surface area (Å²) in [6, 6.07) is 12.9. The van der Waals surface area contributed by atoms with Gasteiger partial charge in [0.15, 0.2) is 17.6 Å². The van der Waals surface area contributed by atoms with E-state index in [-0.39, 0.29) is 11.9 Å². The van der Waals surface area contributed by atoms with Gasteiger partial charge in [-0.3, -0.25) is 4.79 Å². The van der Waals surface area contributed by atoms with Crippen molar-refractivity contribution in [2.45, 2.75) is 45.3 Å². The zero-order valence-electron chi connectivity index (χ0n) is 17.1. The molecule has 0 aromatic heterocycles. The van der Waals surface area contributed by atoms with Crippen molar-refractivity contribution >= 4 is 11.9 Å². The van der Waals surface area contributed by atoms with Crippen LogP contribution in [0.1, 0.15) is 54.2 Å². The first kappa shape index (κ1) is 20.7. The van der Waals surface area contributed by atoms with E-state index in [2.05, 4.69) is 11.4 Å². The number of aryl methyl sites for hydroxylation is 1. The molecule has 0 spiro atoms. The Balaban J connectivity index is 1.64. The van der Waals surface area contributed by atoms with Crippen LogP contribution in [0.25, 0.3) is 0 Å². The minimum Gasteiger partial charge on any atom is -0.493 e. The number of rotatable bonds is 7. The molecule has 1 aliphatic carbocycles. The lowest BCUT2D eigenvalue weighted by Crippen LogP contribution is -2.39. The Bertz CT molecular complexity index is 879. The van der Waals surface area contributed by atoms with E-state index in [4.69, 9.17) is 14.2 Å². The van der Waals surface area contributed by atoms with Crippen molar-refractivity contribution in [1.82, 2.24) is 5.32 Å². The van der Waals surface area contributed by atoms with Crippen LogP contribution in [0.4, 0.5) is 0 Å². The Kier molecular flexibility index (Phi) is 6.75. The van der Waals surface area contributed by atoms with E-state index in [0.29, 0.717) is 23.7 Å². The molecule has 154 valence electrons. The number of hydrogen-bond donors (Lipinski definition) is 1. The van der Waals surface area contributed by atoms with Gasteiger partial charge >= 0.3 is 5.97 Å². The maximum Gasteiger partial charge on any atom is 0.339 e. The predicted octanol–water partition coefficient (Wildman–Crippen LogP) is 3.83. The number of fused-ring (bicyclic) bond motifs is 1. The molecule has 0 saturated carbocycles. The van der Waals surface area contributed by atoms with Crippen LogP contribution in [0.5, 0.6) is 11.5 Å². The molecule has 1 amide bonds. The van der Waals surface area contributed by atoms with Crippen molar-refractivity contribution < 1.29 is 23.8 Å². The molecule has 0 unspecified atom stereocenters. The quantitative estimate of drug-likeness (QED) is 0.719. The van der Waals surface area contributed by atoms with Crippen LogP contribution in [0, 0.1) is 0 Å². The van der Waals surface area contributed by atoms with Gasteiger partial charge in [0.05, 0.1) is 25.3 Å². The van der Waals surface area contributed by atoms with E-state index in [1.807, 2.05) is 25.1 Å². The molecular formula is C23H27NO5. The summed E-state index contributed by atoms with van der Waals surface area (Å²) in [6.07, 6.45) is 2.00. The molecule has 3 rings (SSSR count). The van der Waals surface area contributed by atoms with Crippen LogP contribution in [0.2, 0.25) is 0 Å². The number of hydrogen-bond acceptors (Lipinski definition) is 5. The number of esters is 1. The van der Waals surface area contributed by atoms with E-state index in [0.717, 1.165) is 24.8 Å². The molecule has 2 aromatic rings. The van der Waals surface area contributed by atoms with E-state index in [1.165, 1.54) is 12.7 Å². The summed E-state index contributed by atoms with van der Waals surface area (Å²) in [4.78, 5) is 25.1. The second kappa shape index (κ2) is 9.45. The molecule has 2 aromatic carbocycles. The van der Waals surface area contributed by atoms with Gasteiger partial charge in [-0.25, -0.2) is 4.79 Å². The summed E-state index contributed by atoms with van der Waals surface area (Å²) in [5.41, 5.74) is 2.70. The van der Waals surface area contributed by atoms with Crippen molar-refractivity contribution in [2.24, 2.45) is 0 Å². The van der Waals surface area contributed by atoms with Crippen molar-refractivity contribution in [2.75, 3.05) is 13.7 Å². The van der Waals surface area contributed by atoms with Crippen LogP contribution < -0.4 is 14.8 Å². The van der Waals surface area contributed by atoms with Gasteiger partial charge < -0.3 is 19.5 Å². The smallest absolute Gasteiger partial charge is 0.339 e. The molecule has 6 nitrogen and oxygen atoms in total. The summed E-state index contributed by atoms with van der Waals surface area (Å²) in [5, 5.41) is 3.02. The summed E-state index contributed by atoms with van der Waals surface area (Å²) in [6.45, 7) is 3.87. The molecule has 0 radical (unpaired) electrons. The monoisotopic (exact) mass is 397 g/mol. The van der Waals surface area contributed by atoms with Gasteiger partial charge in [0.25, 0.3) is 5.91 Å². The average Bonchev–Trinajstić information content (AvgIpc) is 2.74. The highest BCUT2D eigenvalue weighted by Crippen LogP contribution is 2.30. The molecule has 1 N–H and O–H groups in total. The topological polar surface area (TPSA) is 73.9 Å². The summed E-state index contributed by atoms with van der Waals surface area (Å²) in [5.74, 6) is 0.101. The second-order valence-electron chi connectivity index (χ2n) is 7.00. The van der Waals surface area contributed by atoms with Gasteiger partial charge in [0.2, 0.25) is 0 Å². The number of carbonyl (C=O) groups is 2. The Morgan fingerprint density at radius 3 is 2.72 bits per heavy atom. The molecule has 0 heterocycles. The van der Waals surface area contributed by atoms with Crippen molar-refractivity contribution in [3.63, 3.8) is 0 Å². The standard InChI is InChI=1S/C23H27NO5/c1-4-28-21-14-17(12-13-20(21)27-3)23(26)29-15(2)22(25)24-19-11-7-9-16-8-5-6-10-18(16)19/h5-6,8,10,12-15,19H,4,7,9,11H2,1-3H3,(H,24,25)/t15-,19-/m1/s1. The Hall–Kier alpha value is -3.02. The lowest BCUT2D eigenvalue weighted by Gasteiger charge is -2.27. The fourth-order valence-electron chi connectivity index (χ4n) is 3.55. The molecule has 29 heavy (non-hydrogen) atoms. The Morgan fingerprint density at radius 1 is 1.17 bits per heavy atom. The molecule has 1 aliphatic rings. The lowest BCUT2D eigenvalue weighted by molar-refractivity contribution is -0.130. The van der Waals surface area contributed by atoms with Gasteiger partial charge in [-0.15, -0.1) is 0 Å². The average molecular weight is 397 g/mol. The normalized spacial score (nSPS) is 16.3. The van der Waals surface area contributed by atoms with E-state index in [9.17, 15) is 9.59 Å². The molecule has 0 aliphatic heterocycles. The Morgan fingerprint density at radius 2 is 1.97 bits per heavy atom. The molecular weight excluding hydrogens is 370 g/mol. The zero-order chi connectivity index (χ0) is 20.8. The number of carbonyl (C=O) groups excluding carboxylic acids is 2. The van der Waals surface area contributed by atoms with Gasteiger partial charge in [-0.1, -0.05) is 24.3 Å². The highest BCUT2D eigenvalue weighted by Gasteiger charge is 2.26. The van der Waals surface area contributed by atoms with E-state index in [1.54, 1.807) is 25.1 Å². The highest BCUT2D eigenvalue weighted by molar-refractivity contribution is 5.93. The largest absolute Gasteiger partial charge is 0.493 e. The number of benzene rings is 2. The van der Waals surface area contributed by atoms with Gasteiger partial charge in [-0.2, -0.15) is 0 Å². The fraction of sp³-hybridized carbons (Fsp3) is 0.391. The SMILES string of the molecule is CCOc1cc(C(=O)O[C@H](C)C(=O)N[C@@H]2CCCc3ccccc32)ccc1OC. The first-order valence-electron chi connectivity index (χ1n) is 9.93. The van der Waals surface area contributed by atoms with Gasteiger partial charge in [0.1, 0.15) is 0 Å². The van der Waals surface area contributed by atoms with E-state index < -0.39 is 12.1 Å². The fourth-order valence-corrected chi connectivity index (χ4v) is 3.55. The number of amides is 1. The Labute approximate surface area is 171 Å². The first-order chi connectivity index (χ1) is 14.0. The second-order valence-corrected chi connectivity index (χ2v) is 7.00. The minimum atomic E-state index is -0.908. The van der Waals surface area contributed by atoms with Crippen LogP contribution in [0.15, 0.2) is 42.5 Å². The summed E-state index contributed by atoms with van der Waals surface area (Å²) < 4.78 is 16.1. The maximum atomic E-state index is 12.6. The van der Waals surface area contributed by atoms with Crippen LogP contribution in [-0.4, -0.2) is 31.7 Å².